The molecule has 0 aromatic heterocycles. The zero-order valence-electron chi connectivity index (χ0n) is 16.2. The molecule has 3 heteroatoms. The Morgan fingerprint density at radius 3 is 2.00 bits per heavy atom. The molecule has 26 heavy (non-hydrogen) atoms. The Morgan fingerprint density at radius 2 is 1.31 bits per heavy atom. The maximum absolute atomic E-state index is 5.92. The van der Waals surface area contributed by atoms with Crippen LogP contribution < -0.4 is 10.1 Å². The van der Waals surface area contributed by atoms with E-state index in [-0.39, 0.29) is 0 Å². The predicted octanol–water partition coefficient (Wildman–Crippen LogP) is 7.10. The van der Waals surface area contributed by atoms with Crippen molar-refractivity contribution >= 4 is 26.7 Å². The number of unbranched alkanes of at least 4 members (excludes halogenated alkanes) is 9. The molecule has 0 fully saturated rings. The number of halogens is 1. The molecule has 2 rings (SSSR count). The first kappa shape index (κ1) is 21.2. The molecule has 0 saturated carbocycles. The van der Waals surface area contributed by atoms with Crippen LogP contribution in [0.1, 0.15) is 64.2 Å². The lowest BCUT2D eigenvalue weighted by Crippen LogP contribution is -2.06. The molecule has 2 aromatic carbocycles. The molecule has 0 aliphatic carbocycles. The van der Waals surface area contributed by atoms with Gasteiger partial charge in [0, 0.05) is 4.47 Å². The summed E-state index contributed by atoms with van der Waals surface area (Å²) in [6, 6.07) is 12.7. The number of nitrogens with one attached hydrogen (secondary N) is 1. The van der Waals surface area contributed by atoms with Crippen molar-refractivity contribution < 1.29 is 4.74 Å². The molecule has 0 unspecified atom stereocenters. The molecule has 0 bridgehead atoms. The van der Waals surface area contributed by atoms with E-state index in [9.17, 15) is 0 Å². The smallest absolute Gasteiger partial charge is 0.119 e. The van der Waals surface area contributed by atoms with Crippen LogP contribution >= 0.6 is 15.9 Å². The summed E-state index contributed by atoms with van der Waals surface area (Å²) >= 11 is 3.52. The van der Waals surface area contributed by atoms with E-state index in [0.717, 1.165) is 23.2 Å². The highest BCUT2D eigenvalue weighted by Crippen LogP contribution is 2.24. The number of hydrogen-bond acceptors (Lipinski definition) is 2. The average Bonchev–Trinajstić information content (AvgIpc) is 2.65. The monoisotopic (exact) mass is 419 g/mol. The summed E-state index contributed by atoms with van der Waals surface area (Å²) in [6.45, 7) is 1.99. The third kappa shape index (κ3) is 8.55. The highest BCUT2D eigenvalue weighted by molar-refractivity contribution is 9.10. The lowest BCUT2D eigenvalue weighted by molar-refractivity contribution is 0.304. The maximum Gasteiger partial charge on any atom is 0.119 e. The second kappa shape index (κ2) is 13.2. The Balaban J connectivity index is 1.46. The Morgan fingerprint density at radius 1 is 0.731 bits per heavy atom. The fourth-order valence-electron chi connectivity index (χ4n) is 3.29. The van der Waals surface area contributed by atoms with Gasteiger partial charge in [-0.25, -0.2) is 0 Å². The molecular formula is C23H34BrNO. The van der Waals surface area contributed by atoms with Crippen molar-refractivity contribution in [3.05, 3.63) is 40.9 Å². The molecule has 0 aliphatic heterocycles. The van der Waals surface area contributed by atoms with Crippen molar-refractivity contribution in [3.63, 3.8) is 0 Å². The topological polar surface area (TPSA) is 21.3 Å². The van der Waals surface area contributed by atoms with Crippen molar-refractivity contribution in [3.8, 4) is 5.75 Å². The molecule has 0 saturated heterocycles. The lowest BCUT2D eigenvalue weighted by Gasteiger charge is -2.08. The molecule has 2 nitrogen and oxygen atoms in total. The fourth-order valence-corrected chi connectivity index (χ4v) is 3.67. The molecular weight excluding hydrogens is 386 g/mol. The number of ether oxygens (including phenoxy) is 1. The van der Waals surface area contributed by atoms with Crippen LogP contribution in [-0.4, -0.2) is 20.2 Å². The minimum absolute atomic E-state index is 0.827. The molecule has 144 valence electrons. The van der Waals surface area contributed by atoms with Crippen molar-refractivity contribution in [1.82, 2.24) is 5.32 Å². The van der Waals surface area contributed by atoms with Gasteiger partial charge in [-0.2, -0.15) is 0 Å². The van der Waals surface area contributed by atoms with Crippen molar-refractivity contribution in [1.29, 1.82) is 0 Å². The molecule has 0 spiro atoms. The Labute approximate surface area is 167 Å². The van der Waals surface area contributed by atoms with Crippen LogP contribution in [0.3, 0.4) is 0 Å². The summed E-state index contributed by atoms with van der Waals surface area (Å²) in [6.07, 6.45) is 13.5. The number of benzene rings is 2. The third-order valence-corrected chi connectivity index (χ3v) is 5.36. The quantitative estimate of drug-likeness (QED) is 0.329. The second-order valence-corrected chi connectivity index (χ2v) is 8.06. The molecule has 0 radical (unpaired) electrons. The van der Waals surface area contributed by atoms with E-state index in [0.29, 0.717) is 0 Å². The van der Waals surface area contributed by atoms with Crippen molar-refractivity contribution in [2.75, 3.05) is 20.2 Å². The molecule has 0 heterocycles. The number of fused-ring (bicyclic) bond motifs is 1. The summed E-state index contributed by atoms with van der Waals surface area (Å²) in [5, 5.41) is 5.69. The molecule has 1 N–H and O–H groups in total. The fraction of sp³-hybridized carbons (Fsp3) is 0.565. The third-order valence-electron chi connectivity index (χ3n) is 4.86. The molecule has 2 aromatic rings. The van der Waals surface area contributed by atoms with Gasteiger partial charge < -0.3 is 10.1 Å². The van der Waals surface area contributed by atoms with Gasteiger partial charge in [-0.3, -0.25) is 0 Å². The van der Waals surface area contributed by atoms with E-state index in [1.807, 2.05) is 7.05 Å². The van der Waals surface area contributed by atoms with Gasteiger partial charge in [-0.1, -0.05) is 79.4 Å². The zero-order valence-corrected chi connectivity index (χ0v) is 17.8. The molecule has 0 atom stereocenters. The van der Waals surface area contributed by atoms with E-state index < -0.39 is 0 Å². The summed E-state index contributed by atoms with van der Waals surface area (Å²) in [4.78, 5) is 0. The minimum Gasteiger partial charge on any atom is -0.494 e. The summed E-state index contributed by atoms with van der Waals surface area (Å²) < 4.78 is 7.04. The summed E-state index contributed by atoms with van der Waals surface area (Å²) in [5.41, 5.74) is 0. The van der Waals surface area contributed by atoms with Gasteiger partial charge in [-0.15, -0.1) is 0 Å². The van der Waals surface area contributed by atoms with E-state index in [4.69, 9.17) is 4.74 Å². The highest BCUT2D eigenvalue weighted by atomic mass is 79.9. The van der Waals surface area contributed by atoms with Crippen LogP contribution in [0.15, 0.2) is 40.9 Å². The Hall–Kier alpha value is -1.06. The van der Waals surface area contributed by atoms with Gasteiger partial charge in [0.2, 0.25) is 0 Å². The van der Waals surface area contributed by atoms with Gasteiger partial charge in [-0.05, 0) is 61.5 Å². The predicted molar refractivity (Wildman–Crippen MR) is 117 cm³/mol. The largest absolute Gasteiger partial charge is 0.494 e. The van der Waals surface area contributed by atoms with Gasteiger partial charge >= 0.3 is 0 Å². The number of hydrogen-bond donors (Lipinski definition) is 1. The van der Waals surface area contributed by atoms with Crippen molar-refractivity contribution in [2.45, 2.75) is 64.2 Å². The van der Waals surface area contributed by atoms with Crippen LogP contribution in [0, 0.1) is 0 Å². The normalized spacial score (nSPS) is 11.2. The van der Waals surface area contributed by atoms with Gasteiger partial charge in [0.15, 0.2) is 0 Å². The first-order chi connectivity index (χ1) is 12.8. The number of rotatable bonds is 14. The van der Waals surface area contributed by atoms with Crippen LogP contribution in [0.25, 0.3) is 10.8 Å². The van der Waals surface area contributed by atoms with Crippen LogP contribution in [0.5, 0.6) is 5.75 Å². The minimum atomic E-state index is 0.827. The first-order valence-electron chi connectivity index (χ1n) is 10.3. The van der Waals surface area contributed by atoms with E-state index in [1.165, 1.54) is 75.1 Å². The average molecular weight is 420 g/mol. The van der Waals surface area contributed by atoms with E-state index >= 15 is 0 Å². The first-order valence-corrected chi connectivity index (χ1v) is 11.1. The molecule has 0 amide bonds. The summed E-state index contributed by atoms with van der Waals surface area (Å²) in [7, 11) is 2.03. The zero-order chi connectivity index (χ0) is 18.5. The standard InChI is InChI=1S/C23H34BrNO/c1-25-16-10-8-6-4-2-3-5-7-9-11-17-26-23-15-13-20-18-22(24)14-12-21(20)19-23/h12-15,18-19,25H,2-11,16-17H2,1H3. The van der Waals surface area contributed by atoms with Crippen molar-refractivity contribution in [2.24, 2.45) is 0 Å². The van der Waals surface area contributed by atoms with Gasteiger partial charge in [0.05, 0.1) is 6.61 Å². The molecule has 0 aliphatic rings. The maximum atomic E-state index is 5.92. The highest BCUT2D eigenvalue weighted by Gasteiger charge is 1.99. The van der Waals surface area contributed by atoms with Gasteiger partial charge in [0.1, 0.15) is 5.75 Å². The lowest BCUT2D eigenvalue weighted by atomic mass is 10.1. The summed E-state index contributed by atoms with van der Waals surface area (Å²) in [5.74, 6) is 0.984. The van der Waals surface area contributed by atoms with Gasteiger partial charge in [0.25, 0.3) is 0 Å². The Kier molecular flexibility index (Phi) is 10.8. The second-order valence-electron chi connectivity index (χ2n) is 7.14. The van der Waals surface area contributed by atoms with Crippen LogP contribution in [-0.2, 0) is 0 Å². The Bertz CT molecular complexity index is 629. The SMILES string of the molecule is CNCCCCCCCCCCCCOc1ccc2cc(Br)ccc2c1. The van der Waals surface area contributed by atoms with Crippen LogP contribution in [0.2, 0.25) is 0 Å². The van der Waals surface area contributed by atoms with E-state index in [2.05, 4.69) is 57.6 Å². The van der Waals surface area contributed by atoms with E-state index in [1.54, 1.807) is 0 Å². The van der Waals surface area contributed by atoms with Crippen LogP contribution in [0.4, 0.5) is 0 Å².